The molecule has 0 spiro atoms. The van der Waals surface area contributed by atoms with Crippen LogP contribution < -0.4 is 5.73 Å². The average Bonchev–Trinajstić information content (AvgIpc) is 1.99. The van der Waals surface area contributed by atoms with Crippen molar-refractivity contribution in [2.24, 2.45) is 0 Å². The average molecular weight is 207 g/mol. The number of hydrogen-bond donors (Lipinski definition) is 1. The zero-order valence-corrected chi connectivity index (χ0v) is 10.5. The topological polar surface area (TPSA) is 51.8 Å². The normalized spacial score (nSPS) is 12.9. The summed E-state index contributed by atoms with van der Waals surface area (Å²) < 4.78 is 0. The second kappa shape index (κ2) is 3.47. The van der Waals surface area contributed by atoms with Crippen molar-refractivity contribution in [3.8, 4) is 0 Å². The molecule has 0 amide bonds. The van der Waals surface area contributed by atoms with Gasteiger partial charge in [0, 0.05) is 10.8 Å². The molecule has 84 valence electrons. The molecule has 3 nitrogen and oxygen atoms in total. The summed E-state index contributed by atoms with van der Waals surface area (Å²) >= 11 is 0. The fraction of sp³-hybridized carbons (Fsp3) is 0.667. The number of nitrogen functional groups attached to an aromatic ring is 1. The molecule has 2 N–H and O–H groups in total. The summed E-state index contributed by atoms with van der Waals surface area (Å²) in [7, 11) is 0. The Bertz CT molecular complexity index is 324. The first-order valence-corrected chi connectivity index (χ1v) is 5.26. The molecule has 15 heavy (non-hydrogen) atoms. The number of hydrogen-bond acceptors (Lipinski definition) is 3. The first kappa shape index (κ1) is 12.0. The van der Waals surface area contributed by atoms with Crippen molar-refractivity contribution in [2.45, 2.75) is 52.4 Å². The molecule has 0 atom stereocenters. The lowest BCUT2D eigenvalue weighted by atomic mass is 9.87. The van der Waals surface area contributed by atoms with E-state index in [-0.39, 0.29) is 10.8 Å². The van der Waals surface area contributed by atoms with E-state index in [9.17, 15) is 0 Å². The lowest BCUT2D eigenvalue weighted by molar-refractivity contribution is 0.540. The van der Waals surface area contributed by atoms with Crippen molar-refractivity contribution in [3.63, 3.8) is 0 Å². The fourth-order valence-electron chi connectivity index (χ4n) is 1.23. The maximum absolute atomic E-state index is 5.73. The second-order valence-electron chi connectivity index (χ2n) is 6.00. The van der Waals surface area contributed by atoms with E-state index in [1.54, 1.807) is 0 Å². The van der Waals surface area contributed by atoms with Gasteiger partial charge < -0.3 is 5.73 Å². The highest BCUT2D eigenvalue weighted by Gasteiger charge is 2.22. The Kier molecular flexibility index (Phi) is 2.77. The van der Waals surface area contributed by atoms with Gasteiger partial charge in [-0.2, -0.15) is 0 Å². The van der Waals surface area contributed by atoms with E-state index in [1.807, 2.05) is 0 Å². The third-order valence-electron chi connectivity index (χ3n) is 2.28. The van der Waals surface area contributed by atoms with E-state index >= 15 is 0 Å². The van der Waals surface area contributed by atoms with Crippen LogP contribution in [0.5, 0.6) is 0 Å². The van der Waals surface area contributed by atoms with E-state index in [2.05, 4.69) is 57.6 Å². The van der Waals surface area contributed by atoms with Crippen LogP contribution in [0.3, 0.4) is 0 Å². The summed E-state index contributed by atoms with van der Waals surface area (Å²) in [6.45, 7) is 12.8. The highest BCUT2D eigenvalue weighted by molar-refractivity contribution is 5.29. The summed E-state index contributed by atoms with van der Waals surface area (Å²) in [5, 5.41) is 0. The van der Waals surface area contributed by atoms with Gasteiger partial charge in [-0.25, -0.2) is 9.97 Å². The van der Waals surface area contributed by atoms with Crippen molar-refractivity contribution in [3.05, 3.63) is 17.5 Å². The third-order valence-corrected chi connectivity index (χ3v) is 2.28. The molecule has 0 aliphatic rings. The van der Waals surface area contributed by atoms with E-state index in [0.717, 1.165) is 11.4 Å². The van der Waals surface area contributed by atoms with Gasteiger partial charge in [0.15, 0.2) is 0 Å². The molecule has 3 heteroatoms. The minimum Gasteiger partial charge on any atom is -0.368 e. The number of rotatable bonds is 0. The van der Waals surface area contributed by atoms with Gasteiger partial charge in [0.25, 0.3) is 0 Å². The monoisotopic (exact) mass is 207 g/mol. The third kappa shape index (κ3) is 2.91. The smallest absolute Gasteiger partial charge is 0.220 e. The summed E-state index contributed by atoms with van der Waals surface area (Å²) in [5.41, 5.74) is 7.75. The molecule has 0 aliphatic carbocycles. The van der Waals surface area contributed by atoms with E-state index in [0.29, 0.717) is 5.95 Å². The summed E-state index contributed by atoms with van der Waals surface area (Å²) in [6.07, 6.45) is 0. The molecular weight excluding hydrogens is 186 g/mol. The Morgan fingerprint density at radius 3 is 1.47 bits per heavy atom. The van der Waals surface area contributed by atoms with Crippen molar-refractivity contribution in [2.75, 3.05) is 5.73 Å². The van der Waals surface area contributed by atoms with Crippen molar-refractivity contribution in [1.82, 2.24) is 9.97 Å². The molecule has 1 aromatic rings. The SMILES string of the molecule is CC(C)(C)c1cc(C(C)(C)C)nc(N)n1. The van der Waals surface area contributed by atoms with E-state index < -0.39 is 0 Å². The largest absolute Gasteiger partial charge is 0.368 e. The van der Waals surface area contributed by atoms with Crippen molar-refractivity contribution >= 4 is 5.95 Å². The first-order valence-electron chi connectivity index (χ1n) is 5.26. The summed E-state index contributed by atoms with van der Waals surface area (Å²) in [5.74, 6) is 0.368. The predicted octanol–water partition coefficient (Wildman–Crippen LogP) is 2.65. The molecule has 1 heterocycles. The highest BCUT2D eigenvalue weighted by atomic mass is 15.0. The predicted molar refractivity (Wildman–Crippen MR) is 63.8 cm³/mol. The molecule has 0 bridgehead atoms. The number of anilines is 1. The summed E-state index contributed by atoms with van der Waals surface area (Å²) in [4.78, 5) is 8.57. The minimum absolute atomic E-state index is 0.0110. The molecule has 1 aromatic heterocycles. The van der Waals surface area contributed by atoms with Crippen LogP contribution in [0.15, 0.2) is 6.07 Å². The summed E-state index contributed by atoms with van der Waals surface area (Å²) in [6, 6.07) is 2.05. The van der Waals surface area contributed by atoms with Crippen LogP contribution in [0.25, 0.3) is 0 Å². The molecule has 0 radical (unpaired) electrons. The molecular formula is C12H21N3. The maximum Gasteiger partial charge on any atom is 0.220 e. The molecule has 1 rings (SSSR count). The van der Waals surface area contributed by atoms with Crippen LogP contribution in [0.1, 0.15) is 52.9 Å². The van der Waals surface area contributed by atoms with Gasteiger partial charge in [-0.15, -0.1) is 0 Å². The highest BCUT2D eigenvalue weighted by Crippen LogP contribution is 2.26. The standard InChI is InChI=1S/C12H21N3/c1-11(2,3)8-7-9(12(4,5)6)15-10(13)14-8/h7H,1-6H3,(H2,13,14,15). The van der Waals surface area contributed by atoms with Crippen LogP contribution in [-0.2, 0) is 10.8 Å². The molecule has 0 aliphatic heterocycles. The van der Waals surface area contributed by atoms with E-state index in [1.165, 1.54) is 0 Å². The first-order chi connectivity index (χ1) is 6.60. The lowest BCUT2D eigenvalue weighted by Gasteiger charge is -2.23. The van der Waals surface area contributed by atoms with Crippen LogP contribution >= 0.6 is 0 Å². The van der Waals surface area contributed by atoms with Gasteiger partial charge >= 0.3 is 0 Å². The number of aromatic nitrogens is 2. The molecule has 0 saturated carbocycles. The Morgan fingerprint density at radius 1 is 0.867 bits per heavy atom. The minimum atomic E-state index is 0.0110. The zero-order valence-electron chi connectivity index (χ0n) is 10.5. The van der Waals surface area contributed by atoms with Crippen molar-refractivity contribution < 1.29 is 0 Å². The quantitative estimate of drug-likeness (QED) is 0.711. The van der Waals surface area contributed by atoms with Gasteiger partial charge in [-0.1, -0.05) is 41.5 Å². The van der Waals surface area contributed by atoms with Gasteiger partial charge in [0.2, 0.25) is 5.95 Å². The van der Waals surface area contributed by atoms with Crippen LogP contribution in [0.4, 0.5) is 5.95 Å². The van der Waals surface area contributed by atoms with Gasteiger partial charge in [0.1, 0.15) is 0 Å². The van der Waals surface area contributed by atoms with Crippen LogP contribution in [0.2, 0.25) is 0 Å². The van der Waals surface area contributed by atoms with E-state index in [4.69, 9.17) is 5.73 Å². The van der Waals surface area contributed by atoms with Crippen LogP contribution in [-0.4, -0.2) is 9.97 Å². The zero-order chi connectivity index (χ0) is 11.9. The van der Waals surface area contributed by atoms with Gasteiger partial charge in [-0.3, -0.25) is 0 Å². The van der Waals surface area contributed by atoms with Gasteiger partial charge in [0.05, 0.1) is 11.4 Å². The molecule has 0 saturated heterocycles. The number of nitrogens with two attached hydrogens (primary N) is 1. The Hall–Kier alpha value is -1.12. The lowest BCUT2D eigenvalue weighted by Crippen LogP contribution is -2.21. The molecule has 0 aromatic carbocycles. The number of nitrogens with zero attached hydrogens (tertiary/aromatic N) is 2. The molecule has 0 fully saturated rings. The Labute approximate surface area is 92.1 Å². The Morgan fingerprint density at radius 2 is 1.20 bits per heavy atom. The van der Waals surface area contributed by atoms with Gasteiger partial charge in [-0.05, 0) is 6.07 Å². The Balaban J connectivity index is 3.30. The van der Waals surface area contributed by atoms with Crippen molar-refractivity contribution in [1.29, 1.82) is 0 Å². The second-order valence-corrected chi connectivity index (χ2v) is 6.00. The van der Waals surface area contributed by atoms with Crippen LogP contribution in [0, 0.1) is 0 Å². The maximum atomic E-state index is 5.73. The molecule has 0 unspecified atom stereocenters. The fourth-order valence-corrected chi connectivity index (χ4v) is 1.23.